The highest BCUT2D eigenvalue weighted by molar-refractivity contribution is 6.10. The fraction of sp³-hybridized carbons (Fsp3) is 0.281. The molecule has 7 atom stereocenters. The van der Waals surface area contributed by atoms with Crippen molar-refractivity contribution in [3.05, 3.63) is 103 Å². The van der Waals surface area contributed by atoms with Crippen LogP contribution in [0.15, 0.2) is 97.1 Å². The number of allylic oxidation sites excluding steroid dienone is 2. The molecule has 3 aromatic carbocycles. The Balaban J connectivity index is 1.14. The van der Waals surface area contributed by atoms with Crippen LogP contribution < -0.4 is 10.1 Å². The summed E-state index contributed by atoms with van der Waals surface area (Å²) in [6, 6.07) is 25.2. The Morgan fingerprint density at radius 3 is 1.95 bits per heavy atom. The van der Waals surface area contributed by atoms with Gasteiger partial charge in [-0.3, -0.25) is 19.3 Å². The monoisotopic (exact) mass is 504 g/mol. The van der Waals surface area contributed by atoms with Crippen LogP contribution in [0, 0.1) is 35.5 Å². The van der Waals surface area contributed by atoms with E-state index in [2.05, 4.69) is 17.5 Å². The lowest BCUT2D eigenvalue weighted by Crippen LogP contribution is -2.49. The van der Waals surface area contributed by atoms with Gasteiger partial charge in [-0.1, -0.05) is 60.7 Å². The molecule has 0 radical (unpaired) electrons. The summed E-state index contributed by atoms with van der Waals surface area (Å²) in [7, 11) is 0. The maximum Gasteiger partial charge on any atom is 0.248 e. The van der Waals surface area contributed by atoms with Crippen LogP contribution in [0.5, 0.6) is 11.5 Å². The van der Waals surface area contributed by atoms with Crippen molar-refractivity contribution in [2.24, 2.45) is 35.5 Å². The Bertz CT molecular complexity index is 1380. The molecular formula is C32H28N2O4. The lowest BCUT2D eigenvalue weighted by Gasteiger charge is -2.37. The molecule has 2 bridgehead atoms. The van der Waals surface area contributed by atoms with Crippen molar-refractivity contribution < 1.29 is 19.1 Å². The minimum Gasteiger partial charge on any atom is -0.457 e. The summed E-state index contributed by atoms with van der Waals surface area (Å²) in [5, 5.41) is 2.95. The van der Waals surface area contributed by atoms with Gasteiger partial charge in [-0.15, -0.1) is 0 Å². The van der Waals surface area contributed by atoms with E-state index in [0.29, 0.717) is 23.3 Å². The highest BCUT2D eigenvalue weighted by atomic mass is 16.5. The molecule has 0 aromatic heterocycles. The molecule has 0 unspecified atom stereocenters. The van der Waals surface area contributed by atoms with Gasteiger partial charge in [0.05, 0.1) is 11.8 Å². The Morgan fingerprint density at radius 2 is 1.34 bits per heavy atom. The third kappa shape index (κ3) is 3.83. The molecule has 3 fully saturated rings. The van der Waals surface area contributed by atoms with Gasteiger partial charge in [-0.2, -0.15) is 0 Å². The van der Waals surface area contributed by atoms with Gasteiger partial charge >= 0.3 is 0 Å². The number of carbonyl (C=O) groups excluding carboxylic acids is 3. The molecule has 6 heteroatoms. The number of imide groups is 1. The van der Waals surface area contributed by atoms with Crippen molar-refractivity contribution in [3.8, 4) is 11.5 Å². The molecule has 1 N–H and O–H groups in total. The topological polar surface area (TPSA) is 75.7 Å². The summed E-state index contributed by atoms with van der Waals surface area (Å²) in [5.74, 6) is 1.23. The lowest BCUT2D eigenvalue weighted by molar-refractivity contribution is -0.146. The maximum absolute atomic E-state index is 13.8. The second-order valence-electron chi connectivity index (χ2n) is 10.8. The minimum absolute atomic E-state index is 0.119. The number of amides is 3. The van der Waals surface area contributed by atoms with Gasteiger partial charge in [0.2, 0.25) is 17.7 Å². The first-order chi connectivity index (χ1) is 18.6. The van der Waals surface area contributed by atoms with Crippen molar-refractivity contribution in [1.82, 2.24) is 4.90 Å². The first-order valence-corrected chi connectivity index (χ1v) is 13.3. The summed E-state index contributed by atoms with van der Waals surface area (Å²) < 4.78 is 5.85. The van der Waals surface area contributed by atoms with Crippen molar-refractivity contribution in [2.75, 3.05) is 5.32 Å². The van der Waals surface area contributed by atoms with Gasteiger partial charge in [0.15, 0.2) is 0 Å². The molecule has 6 nitrogen and oxygen atoms in total. The van der Waals surface area contributed by atoms with E-state index in [1.807, 2.05) is 60.7 Å². The number of nitrogens with one attached hydrogen (secondary N) is 1. The van der Waals surface area contributed by atoms with Crippen LogP contribution in [0.2, 0.25) is 0 Å². The van der Waals surface area contributed by atoms with E-state index in [1.54, 1.807) is 24.3 Å². The number of hydrogen-bond donors (Lipinski definition) is 1. The Kier molecular flexibility index (Phi) is 5.43. The molecule has 3 amide bonds. The van der Waals surface area contributed by atoms with Crippen LogP contribution in [0.3, 0.4) is 0 Å². The largest absolute Gasteiger partial charge is 0.457 e. The molecule has 4 aliphatic carbocycles. The molecular weight excluding hydrogens is 476 g/mol. The number of likely N-dealkylation sites (tertiary alicyclic amines) is 1. The standard InChI is InChI=1S/C32H28N2O4/c35-30(33-20-11-13-22(14-12-20)38-21-9-5-2-6-10-21)27(17-19-7-3-1-4-8-19)34-31(36)28-23-15-16-24(26-18-25(23)26)29(28)32(34)37/h1-16,23-29H,17-18H2,(H,33,35)/t23-,24-,25-,26-,27-,28-,29+/m1/s1. The summed E-state index contributed by atoms with van der Waals surface area (Å²) in [6.07, 6.45) is 5.68. The summed E-state index contributed by atoms with van der Waals surface area (Å²) in [6.45, 7) is 0. The number of benzene rings is 3. The summed E-state index contributed by atoms with van der Waals surface area (Å²) >= 11 is 0. The van der Waals surface area contributed by atoms with Crippen molar-refractivity contribution in [3.63, 3.8) is 0 Å². The predicted molar refractivity (Wildman–Crippen MR) is 142 cm³/mol. The number of nitrogens with zero attached hydrogens (tertiary/aromatic N) is 1. The van der Waals surface area contributed by atoms with E-state index < -0.39 is 6.04 Å². The van der Waals surface area contributed by atoms with Gasteiger partial charge < -0.3 is 10.1 Å². The van der Waals surface area contributed by atoms with Gasteiger partial charge in [0, 0.05) is 12.1 Å². The molecule has 1 saturated heterocycles. The fourth-order valence-electron chi connectivity index (χ4n) is 6.88. The average molecular weight is 505 g/mol. The Labute approximate surface area is 221 Å². The fourth-order valence-corrected chi connectivity index (χ4v) is 6.88. The van der Waals surface area contributed by atoms with Crippen LogP contribution in [0.1, 0.15) is 12.0 Å². The maximum atomic E-state index is 13.8. The number of carbonyl (C=O) groups is 3. The zero-order chi connectivity index (χ0) is 25.8. The second-order valence-corrected chi connectivity index (χ2v) is 10.8. The summed E-state index contributed by atoms with van der Waals surface area (Å²) in [4.78, 5) is 42.6. The molecule has 3 aromatic rings. The molecule has 190 valence electrons. The Morgan fingerprint density at radius 1 is 0.789 bits per heavy atom. The molecule has 8 rings (SSSR count). The molecule has 0 spiro atoms. The SMILES string of the molecule is O=C(Nc1ccc(Oc2ccccc2)cc1)[C@@H](Cc1ccccc1)N1C(=O)[C@@H]2[C@@H]3C=C[C@H]([C@H]4C[C@H]34)[C@@H]2C1=O. The van der Waals surface area contributed by atoms with Crippen molar-refractivity contribution in [1.29, 1.82) is 0 Å². The van der Waals surface area contributed by atoms with Crippen LogP contribution in [0.25, 0.3) is 0 Å². The van der Waals surface area contributed by atoms with Crippen LogP contribution in [-0.4, -0.2) is 28.7 Å². The molecule has 38 heavy (non-hydrogen) atoms. The van der Waals surface area contributed by atoms with Crippen LogP contribution in [-0.2, 0) is 20.8 Å². The predicted octanol–water partition coefficient (Wildman–Crippen LogP) is 5.08. The van der Waals surface area contributed by atoms with Crippen molar-refractivity contribution in [2.45, 2.75) is 18.9 Å². The van der Waals surface area contributed by atoms with E-state index in [1.165, 1.54) is 4.90 Å². The minimum atomic E-state index is -0.918. The van der Waals surface area contributed by atoms with Gasteiger partial charge in [-0.05, 0) is 72.1 Å². The molecule has 1 aliphatic heterocycles. The van der Waals surface area contributed by atoms with E-state index in [0.717, 1.165) is 17.7 Å². The third-order valence-corrected chi connectivity index (χ3v) is 8.68. The molecule has 1 heterocycles. The second kappa shape index (κ2) is 8.98. The Hall–Kier alpha value is -4.19. The highest BCUT2D eigenvalue weighted by Gasteiger charge is 2.67. The third-order valence-electron chi connectivity index (χ3n) is 8.68. The quantitative estimate of drug-likeness (QED) is 0.360. The van der Waals surface area contributed by atoms with Gasteiger partial charge in [0.1, 0.15) is 17.5 Å². The van der Waals surface area contributed by atoms with Gasteiger partial charge in [-0.25, -0.2) is 0 Å². The van der Waals surface area contributed by atoms with E-state index in [4.69, 9.17) is 4.74 Å². The molecule has 5 aliphatic rings. The first kappa shape index (κ1) is 23.0. The summed E-state index contributed by atoms with van der Waals surface area (Å²) in [5.41, 5.74) is 1.48. The number of rotatable bonds is 7. The number of para-hydroxylation sites is 1. The highest BCUT2D eigenvalue weighted by Crippen LogP contribution is 2.65. The van der Waals surface area contributed by atoms with Gasteiger partial charge in [0.25, 0.3) is 0 Å². The average Bonchev–Trinajstić information content (AvgIpc) is 3.73. The van der Waals surface area contributed by atoms with Crippen molar-refractivity contribution >= 4 is 23.4 Å². The number of ether oxygens (including phenoxy) is 1. The first-order valence-electron chi connectivity index (χ1n) is 13.3. The van der Waals surface area contributed by atoms with E-state index in [-0.39, 0.29) is 47.8 Å². The van der Waals surface area contributed by atoms with Crippen LogP contribution in [0.4, 0.5) is 5.69 Å². The number of hydrogen-bond acceptors (Lipinski definition) is 4. The molecule has 2 saturated carbocycles. The van der Waals surface area contributed by atoms with E-state index >= 15 is 0 Å². The van der Waals surface area contributed by atoms with E-state index in [9.17, 15) is 14.4 Å². The number of anilines is 1. The lowest BCUT2D eigenvalue weighted by atomic mass is 9.63. The zero-order valence-electron chi connectivity index (χ0n) is 20.8. The normalized spacial score (nSPS) is 29.0. The zero-order valence-corrected chi connectivity index (χ0v) is 20.8. The smallest absolute Gasteiger partial charge is 0.248 e. The van der Waals surface area contributed by atoms with Crippen LogP contribution >= 0.6 is 0 Å².